The smallest absolute Gasteiger partial charge is 0.225 e. The van der Waals surface area contributed by atoms with Crippen LogP contribution >= 0.6 is 11.8 Å². The van der Waals surface area contributed by atoms with E-state index in [1.54, 1.807) is 0 Å². The van der Waals surface area contributed by atoms with Gasteiger partial charge in [0.15, 0.2) is 5.16 Å². The maximum Gasteiger partial charge on any atom is 0.225 e. The number of aryl methyl sites for hydroxylation is 2. The van der Waals surface area contributed by atoms with E-state index in [-0.39, 0.29) is 5.91 Å². The fourth-order valence-corrected chi connectivity index (χ4v) is 2.83. The van der Waals surface area contributed by atoms with E-state index in [0.717, 1.165) is 16.7 Å². The standard InChI is InChI=1S/C16H20N4OS/c1-4-10-20-13(3)18-19-16(20)22-11-9-15(21)17-14-7-5-12(2)6-8-14/h4-8H,1,9-11H2,2-3H3,(H,17,21). The number of benzene rings is 1. The van der Waals surface area contributed by atoms with Crippen LogP contribution in [-0.2, 0) is 11.3 Å². The summed E-state index contributed by atoms with van der Waals surface area (Å²) in [5, 5.41) is 11.9. The van der Waals surface area contributed by atoms with Crippen LogP contribution in [0.15, 0.2) is 42.1 Å². The zero-order valence-electron chi connectivity index (χ0n) is 12.9. The number of carbonyl (C=O) groups excluding carboxylic acids is 1. The summed E-state index contributed by atoms with van der Waals surface area (Å²) in [6.07, 6.45) is 2.24. The zero-order valence-corrected chi connectivity index (χ0v) is 13.7. The molecule has 2 aromatic rings. The summed E-state index contributed by atoms with van der Waals surface area (Å²) in [7, 11) is 0. The van der Waals surface area contributed by atoms with Gasteiger partial charge in [-0.05, 0) is 26.0 Å². The summed E-state index contributed by atoms with van der Waals surface area (Å²) in [4.78, 5) is 11.9. The van der Waals surface area contributed by atoms with E-state index < -0.39 is 0 Å². The summed E-state index contributed by atoms with van der Waals surface area (Å²) in [5.74, 6) is 1.52. The number of rotatable bonds is 7. The molecule has 0 aliphatic rings. The van der Waals surface area contributed by atoms with E-state index in [0.29, 0.717) is 18.7 Å². The van der Waals surface area contributed by atoms with Crippen LogP contribution in [0.3, 0.4) is 0 Å². The number of allylic oxidation sites excluding steroid dienone is 1. The number of amides is 1. The Labute approximate surface area is 134 Å². The first-order chi connectivity index (χ1) is 10.6. The molecule has 0 spiro atoms. The zero-order chi connectivity index (χ0) is 15.9. The summed E-state index contributed by atoms with van der Waals surface area (Å²) < 4.78 is 1.98. The minimum Gasteiger partial charge on any atom is -0.326 e. The van der Waals surface area contributed by atoms with Gasteiger partial charge in [-0.15, -0.1) is 16.8 Å². The number of aromatic nitrogens is 3. The maximum absolute atomic E-state index is 11.9. The molecule has 1 aromatic carbocycles. The molecule has 116 valence electrons. The van der Waals surface area contributed by atoms with Crippen molar-refractivity contribution in [2.45, 2.75) is 32.0 Å². The summed E-state index contributed by atoms with van der Waals surface area (Å²) in [5.41, 5.74) is 2.00. The second kappa shape index (κ2) is 7.79. The van der Waals surface area contributed by atoms with Gasteiger partial charge in [0.1, 0.15) is 5.82 Å². The molecule has 22 heavy (non-hydrogen) atoms. The molecule has 1 amide bonds. The third kappa shape index (κ3) is 4.46. The predicted molar refractivity (Wildman–Crippen MR) is 90.1 cm³/mol. The first-order valence-corrected chi connectivity index (χ1v) is 8.08. The third-order valence-corrected chi connectivity index (χ3v) is 4.08. The van der Waals surface area contributed by atoms with Crippen molar-refractivity contribution in [2.75, 3.05) is 11.1 Å². The number of thioether (sulfide) groups is 1. The highest BCUT2D eigenvalue weighted by Crippen LogP contribution is 2.18. The minimum absolute atomic E-state index is 0.00265. The molecule has 1 aromatic heterocycles. The second-order valence-corrected chi connectivity index (χ2v) is 6.00. The number of nitrogens with zero attached hydrogens (tertiary/aromatic N) is 3. The van der Waals surface area contributed by atoms with Gasteiger partial charge in [-0.2, -0.15) is 0 Å². The molecule has 0 saturated heterocycles. The van der Waals surface area contributed by atoms with Gasteiger partial charge in [0.05, 0.1) is 0 Å². The summed E-state index contributed by atoms with van der Waals surface area (Å²) in [6, 6.07) is 7.77. The fraction of sp³-hybridized carbons (Fsp3) is 0.312. The monoisotopic (exact) mass is 316 g/mol. The molecule has 0 radical (unpaired) electrons. The van der Waals surface area contributed by atoms with Gasteiger partial charge in [-0.25, -0.2) is 0 Å². The quantitative estimate of drug-likeness (QED) is 0.629. The number of anilines is 1. The molecule has 2 rings (SSSR count). The van der Waals surface area contributed by atoms with Crippen LogP contribution in [0.1, 0.15) is 17.8 Å². The van der Waals surface area contributed by atoms with Crippen LogP contribution in [0.5, 0.6) is 0 Å². The van der Waals surface area contributed by atoms with E-state index in [9.17, 15) is 4.79 Å². The topological polar surface area (TPSA) is 59.8 Å². The largest absolute Gasteiger partial charge is 0.326 e. The number of carbonyl (C=O) groups is 1. The van der Waals surface area contributed by atoms with Crippen LogP contribution in [0.25, 0.3) is 0 Å². The lowest BCUT2D eigenvalue weighted by molar-refractivity contribution is -0.115. The molecule has 5 nitrogen and oxygen atoms in total. The van der Waals surface area contributed by atoms with Gasteiger partial charge >= 0.3 is 0 Å². The molecule has 0 unspecified atom stereocenters. The van der Waals surface area contributed by atoms with Crippen molar-refractivity contribution in [3.05, 3.63) is 48.3 Å². The highest BCUT2D eigenvalue weighted by atomic mass is 32.2. The Hall–Kier alpha value is -2.08. The van der Waals surface area contributed by atoms with Crippen molar-refractivity contribution in [1.29, 1.82) is 0 Å². The molecular formula is C16H20N4OS. The second-order valence-electron chi connectivity index (χ2n) is 4.94. The van der Waals surface area contributed by atoms with E-state index in [1.807, 2.05) is 48.8 Å². The van der Waals surface area contributed by atoms with Gasteiger partial charge in [-0.1, -0.05) is 35.5 Å². The first kappa shape index (κ1) is 16.3. The van der Waals surface area contributed by atoms with Crippen LogP contribution in [0.4, 0.5) is 5.69 Å². The Morgan fingerprint density at radius 3 is 2.73 bits per heavy atom. The molecule has 0 atom stereocenters. The van der Waals surface area contributed by atoms with Crippen molar-refractivity contribution in [3.8, 4) is 0 Å². The molecule has 1 heterocycles. The average molecular weight is 316 g/mol. The molecule has 0 aliphatic carbocycles. The molecular weight excluding hydrogens is 296 g/mol. The van der Waals surface area contributed by atoms with E-state index in [1.165, 1.54) is 17.3 Å². The SMILES string of the molecule is C=CCn1c(C)nnc1SCCC(=O)Nc1ccc(C)cc1. The lowest BCUT2D eigenvalue weighted by Crippen LogP contribution is -2.12. The molecule has 0 saturated carbocycles. The fourth-order valence-electron chi connectivity index (χ4n) is 1.90. The normalized spacial score (nSPS) is 10.5. The van der Waals surface area contributed by atoms with E-state index >= 15 is 0 Å². The van der Waals surface area contributed by atoms with Crippen molar-refractivity contribution < 1.29 is 4.79 Å². The summed E-state index contributed by atoms with van der Waals surface area (Å²) in [6.45, 7) is 8.33. The minimum atomic E-state index is 0.00265. The first-order valence-electron chi connectivity index (χ1n) is 7.10. The lowest BCUT2D eigenvalue weighted by Gasteiger charge is -2.06. The third-order valence-electron chi connectivity index (χ3n) is 3.11. The Balaban J connectivity index is 1.82. The van der Waals surface area contributed by atoms with Crippen molar-refractivity contribution in [2.24, 2.45) is 0 Å². The number of nitrogens with one attached hydrogen (secondary N) is 1. The molecule has 0 bridgehead atoms. The predicted octanol–water partition coefficient (Wildman–Crippen LogP) is 3.20. The van der Waals surface area contributed by atoms with Gasteiger partial charge in [0.2, 0.25) is 5.91 Å². The number of hydrogen-bond acceptors (Lipinski definition) is 4. The van der Waals surface area contributed by atoms with E-state index in [2.05, 4.69) is 22.1 Å². The Bertz CT molecular complexity index is 649. The molecule has 6 heteroatoms. The van der Waals surface area contributed by atoms with Gasteiger partial charge in [-0.3, -0.25) is 4.79 Å². The molecule has 0 aliphatic heterocycles. The maximum atomic E-state index is 11.9. The summed E-state index contributed by atoms with van der Waals surface area (Å²) >= 11 is 1.53. The van der Waals surface area contributed by atoms with Crippen molar-refractivity contribution >= 4 is 23.4 Å². The van der Waals surface area contributed by atoms with Crippen molar-refractivity contribution in [1.82, 2.24) is 14.8 Å². The van der Waals surface area contributed by atoms with Crippen molar-refractivity contribution in [3.63, 3.8) is 0 Å². The average Bonchev–Trinajstić information content (AvgIpc) is 2.83. The Morgan fingerprint density at radius 2 is 2.05 bits per heavy atom. The lowest BCUT2D eigenvalue weighted by atomic mass is 10.2. The van der Waals surface area contributed by atoms with Gasteiger partial charge in [0, 0.05) is 24.4 Å². The Kier molecular flexibility index (Phi) is 5.77. The van der Waals surface area contributed by atoms with Gasteiger partial charge < -0.3 is 9.88 Å². The molecule has 1 N–H and O–H groups in total. The van der Waals surface area contributed by atoms with Crippen LogP contribution < -0.4 is 5.32 Å². The van der Waals surface area contributed by atoms with Gasteiger partial charge in [0.25, 0.3) is 0 Å². The van der Waals surface area contributed by atoms with E-state index in [4.69, 9.17) is 0 Å². The number of hydrogen-bond donors (Lipinski definition) is 1. The van der Waals surface area contributed by atoms with Crippen LogP contribution in [0, 0.1) is 13.8 Å². The molecule has 0 fully saturated rings. The highest BCUT2D eigenvalue weighted by Gasteiger charge is 2.09. The highest BCUT2D eigenvalue weighted by molar-refractivity contribution is 7.99. The van der Waals surface area contributed by atoms with Crippen LogP contribution in [-0.4, -0.2) is 26.4 Å². The Morgan fingerprint density at radius 1 is 1.32 bits per heavy atom. The van der Waals surface area contributed by atoms with Crippen LogP contribution in [0.2, 0.25) is 0 Å².